The number of nitrogens with one attached hydrogen (secondary N) is 1. The number of nitrogens with zero attached hydrogens (tertiary/aromatic N) is 1. The Morgan fingerprint density at radius 2 is 2.05 bits per heavy atom. The van der Waals surface area contributed by atoms with Gasteiger partial charge in [0.1, 0.15) is 5.75 Å². The number of hydrogen-bond donors (Lipinski definition) is 2. The predicted molar refractivity (Wildman–Crippen MR) is 85.6 cm³/mol. The van der Waals surface area contributed by atoms with Crippen LogP contribution in [0, 0.1) is 0 Å². The Kier molecular flexibility index (Phi) is 3.94. The lowest BCUT2D eigenvalue weighted by molar-refractivity contribution is 0.0985. The fraction of sp³-hybridized carbons (Fsp3) is 0.188. The van der Waals surface area contributed by atoms with Gasteiger partial charge in [-0.2, -0.15) is 0 Å². The third-order valence-corrected chi connectivity index (χ3v) is 4.04. The van der Waals surface area contributed by atoms with Gasteiger partial charge in [-0.25, -0.2) is 0 Å². The SMILES string of the molecule is O=C(c1cc(Br)ccc1O)N1CCNCc2ccccc21. The summed E-state index contributed by atoms with van der Waals surface area (Å²) in [6, 6.07) is 12.7. The molecule has 0 saturated heterocycles. The van der Waals surface area contributed by atoms with Crippen LogP contribution in [0.15, 0.2) is 46.9 Å². The highest BCUT2D eigenvalue weighted by molar-refractivity contribution is 9.10. The highest BCUT2D eigenvalue weighted by atomic mass is 79.9. The molecular formula is C16H15BrN2O2. The smallest absolute Gasteiger partial charge is 0.262 e. The van der Waals surface area contributed by atoms with E-state index in [-0.39, 0.29) is 11.7 Å². The summed E-state index contributed by atoms with van der Waals surface area (Å²) in [5, 5.41) is 13.3. The maximum absolute atomic E-state index is 12.8. The molecular weight excluding hydrogens is 332 g/mol. The fourth-order valence-electron chi connectivity index (χ4n) is 2.49. The normalized spacial score (nSPS) is 14.4. The van der Waals surface area contributed by atoms with E-state index < -0.39 is 0 Å². The van der Waals surface area contributed by atoms with Crippen molar-refractivity contribution >= 4 is 27.5 Å². The third-order valence-electron chi connectivity index (χ3n) is 3.54. The van der Waals surface area contributed by atoms with Crippen molar-refractivity contribution in [2.24, 2.45) is 0 Å². The molecule has 2 aromatic rings. The van der Waals surface area contributed by atoms with Gasteiger partial charge in [-0.05, 0) is 29.8 Å². The highest BCUT2D eigenvalue weighted by Crippen LogP contribution is 2.28. The number of anilines is 1. The largest absolute Gasteiger partial charge is 0.507 e. The monoisotopic (exact) mass is 346 g/mol. The highest BCUT2D eigenvalue weighted by Gasteiger charge is 2.24. The van der Waals surface area contributed by atoms with Gasteiger partial charge in [0.05, 0.1) is 5.56 Å². The molecule has 0 spiro atoms. The van der Waals surface area contributed by atoms with E-state index in [9.17, 15) is 9.90 Å². The van der Waals surface area contributed by atoms with E-state index in [0.717, 1.165) is 28.8 Å². The second-order valence-electron chi connectivity index (χ2n) is 4.92. The Labute approximate surface area is 131 Å². The number of amides is 1. The van der Waals surface area contributed by atoms with Crippen LogP contribution in [0.5, 0.6) is 5.75 Å². The Balaban J connectivity index is 2.03. The van der Waals surface area contributed by atoms with Crippen LogP contribution in [0.2, 0.25) is 0 Å². The summed E-state index contributed by atoms with van der Waals surface area (Å²) in [5.74, 6) is -0.192. The summed E-state index contributed by atoms with van der Waals surface area (Å²) < 4.78 is 0.768. The number of halogens is 1. The van der Waals surface area contributed by atoms with Crippen LogP contribution in [0.25, 0.3) is 0 Å². The van der Waals surface area contributed by atoms with Crippen molar-refractivity contribution in [3.63, 3.8) is 0 Å². The maximum atomic E-state index is 12.8. The molecule has 0 aliphatic carbocycles. The van der Waals surface area contributed by atoms with Gasteiger partial charge in [-0.3, -0.25) is 4.79 Å². The van der Waals surface area contributed by atoms with Crippen LogP contribution < -0.4 is 10.2 Å². The molecule has 0 fully saturated rings. The van der Waals surface area contributed by atoms with E-state index in [1.54, 1.807) is 17.0 Å². The lowest BCUT2D eigenvalue weighted by Gasteiger charge is -2.23. The van der Waals surface area contributed by atoms with Crippen LogP contribution >= 0.6 is 15.9 Å². The van der Waals surface area contributed by atoms with Crippen LogP contribution in [-0.4, -0.2) is 24.1 Å². The van der Waals surface area contributed by atoms with Gasteiger partial charge in [-0.15, -0.1) is 0 Å². The number of para-hydroxylation sites is 1. The minimum absolute atomic E-state index is 0.00196. The number of phenols is 1. The van der Waals surface area contributed by atoms with E-state index in [1.807, 2.05) is 24.3 Å². The first-order valence-electron chi connectivity index (χ1n) is 6.76. The first-order chi connectivity index (χ1) is 10.2. The summed E-state index contributed by atoms with van der Waals surface area (Å²) in [6.07, 6.45) is 0. The number of fused-ring (bicyclic) bond motifs is 1. The summed E-state index contributed by atoms with van der Waals surface area (Å²) in [6.45, 7) is 2.03. The minimum Gasteiger partial charge on any atom is -0.507 e. The van der Waals surface area contributed by atoms with Crippen molar-refractivity contribution in [3.8, 4) is 5.75 Å². The zero-order valence-electron chi connectivity index (χ0n) is 11.3. The van der Waals surface area contributed by atoms with Gasteiger partial charge >= 0.3 is 0 Å². The van der Waals surface area contributed by atoms with Gasteiger partial charge < -0.3 is 15.3 Å². The van der Waals surface area contributed by atoms with Gasteiger partial charge in [0.25, 0.3) is 5.91 Å². The molecule has 2 N–H and O–H groups in total. The van der Waals surface area contributed by atoms with Crippen LogP contribution in [-0.2, 0) is 6.54 Å². The van der Waals surface area contributed by atoms with E-state index in [0.29, 0.717) is 12.1 Å². The fourth-order valence-corrected chi connectivity index (χ4v) is 2.85. The standard InChI is InChI=1S/C16H15BrN2O2/c17-12-5-6-15(20)13(9-12)16(21)19-8-7-18-10-11-3-1-2-4-14(11)19/h1-6,9,18,20H,7-8,10H2. The van der Waals surface area contributed by atoms with Gasteiger partial charge in [0.2, 0.25) is 0 Å². The number of carbonyl (C=O) groups is 1. The zero-order valence-corrected chi connectivity index (χ0v) is 12.9. The number of hydrogen-bond acceptors (Lipinski definition) is 3. The van der Waals surface area contributed by atoms with Crippen molar-refractivity contribution in [2.45, 2.75) is 6.54 Å². The van der Waals surface area contributed by atoms with Crippen molar-refractivity contribution in [1.82, 2.24) is 5.32 Å². The molecule has 5 heteroatoms. The van der Waals surface area contributed by atoms with Crippen LogP contribution in [0.3, 0.4) is 0 Å². The average molecular weight is 347 g/mol. The summed E-state index contributed by atoms with van der Waals surface area (Å²) in [7, 11) is 0. The molecule has 2 aromatic carbocycles. The molecule has 0 bridgehead atoms. The Morgan fingerprint density at radius 1 is 1.24 bits per heavy atom. The van der Waals surface area contributed by atoms with Gasteiger partial charge in [0.15, 0.2) is 0 Å². The van der Waals surface area contributed by atoms with Crippen LogP contribution in [0.4, 0.5) is 5.69 Å². The molecule has 1 aliphatic heterocycles. The van der Waals surface area contributed by atoms with Crippen molar-refractivity contribution in [2.75, 3.05) is 18.0 Å². The first kappa shape index (κ1) is 14.1. The maximum Gasteiger partial charge on any atom is 0.262 e. The zero-order chi connectivity index (χ0) is 14.8. The first-order valence-corrected chi connectivity index (χ1v) is 7.55. The van der Waals surface area contributed by atoms with Crippen molar-refractivity contribution < 1.29 is 9.90 Å². The van der Waals surface area contributed by atoms with Crippen molar-refractivity contribution in [3.05, 3.63) is 58.1 Å². The van der Waals surface area contributed by atoms with E-state index in [4.69, 9.17) is 0 Å². The number of carbonyl (C=O) groups excluding carboxylic acids is 1. The summed E-state index contributed by atoms with van der Waals surface area (Å²) >= 11 is 3.34. The molecule has 1 heterocycles. The predicted octanol–water partition coefficient (Wildman–Crippen LogP) is 2.90. The Morgan fingerprint density at radius 3 is 2.90 bits per heavy atom. The van der Waals surface area contributed by atoms with Gasteiger partial charge in [0, 0.05) is 29.8 Å². The number of benzene rings is 2. The molecule has 0 unspecified atom stereocenters. The Bertz CT molecular complexity index is 688. The van der Waals surface area contributed by atoms with Crippen LogP contribution in [0.1, 0.15) is 15.9 Å². The second-order valence-corrected chi connectivity index (χ2v) is 5.84. The lowest BCUT2D eigenvalue weighted by atomic mass is 10.1. The summed E-state index contributed by atoms with van der Waals surface area (Å²) in [4.78, 5) is 14.5. The molecule has 1 aliphatic rings. The molecule has 3 rings (SSSR count). The van der Waals surface area contributed by atoms with E-state index in [1.165, 1.54) is 6.07 Å². The van der Waals surface area contributed by atoms with Gasteiger partial charge in [-0.1, -0.05) is 34.1 Å². The molecule has 108 valence electrons. The molecule has 0 aromatic heterocycles. The topological polar surface area (TPSA) is 52.6 Å². The molecule has 0 atom stereocenters. The lowest BCUT2D eigenvalue weighted by Crippen LogP contribution is -2.34. The second kappa shape index (κ2) is 5.87. The average Bonchev–Trinajstić information content (AvgIpc) is 2.71. The van der Waals surface area contributed by atoms with E-state index >= 15 is 0 Å². The van der Waals surface area contributed by atoms with E-state index in [2.05, 4.69) is 21.2 Å². The molecule has 0 radical (unpaired) electrons. The van der Waals surface area contributed by atoms with Crippen molar-refractivity contribution in [1.29, 1.82) is 0 Å². The molecule has 21 heavy (non-hydrogen) atoms. The number of rotatable bonds is 1. The molecule has 4 nitrogen and oxygen atoms in total. The number of aromatic hydroxyl groups is 1. The quantitative estimate of drug-likeness (QED) is 0.834. The molecule has 1 amide bonds. The number of phenolic OH excluding ortho intramolecular Hbond substituents is 1. The Hall–Kier alpha value is -1.85. The molecule has 0 saturated carbocycles. The minimum atomic E-state index is -0.190. The summed E-state index contributed by atoms with van der Waals surface area (Å²) in [5.41, 5.74) is 2.28. The third kappa shape index (κ3) is 2.80.